The fraction of sp³-hybridized carbons (Fsp3) is 0.571. The second kappa shape index (κ2) is 6.78. The van der Waals surface area contributed by atoms with Crippen LogP contribution in [-0.4, -0.2) is 21.3 Å². The summed E-state index contributed by atoms with van der Waals surface area (Å²) in [6.07, 6.45) is 3.24. The molecule has 1 aliphatic rings. The van der Waals surface area contributed by atoms with Gasteiger partial charge in [0.25, 0.3) is 5.56 Å². The van der Waals surface area contributed by atoms with Crippen molar-refractivity contribution in [3.05, 3.63) is 44.8 Å². The van der Waals surface area contributed by atoms with Crippen LogP contribution in [0.5, 0.6) is 0 Å². The van der Waals surface area contributed by atoms with E-state index in [1.165, 1.54) is 10.8 Å². The highest BCUT2D eigenvalue weighted by atomic mass is 31.2. The maximum absolute atomic E-state index is 11.9. The van der Waals surface area contributed by atoms with E-state index >= 15 is 0 Å². The SMILES string of the molecule is CCC(CC)(OP(=O)([O-])[O-])[C@@H]1C=C[C@H](n2cc(C)c(=O)[nH]c2=O)O1. The standard InChI is InChI=1S/C14H21N2O7P/c1-4-14(5-2,23-24(19,20)21)10-6-7-11(22-10)16-8-9(3)12(17)15-13(16)18/h6-8,10-11H,4-5H2,1-3H3,(H,15,17,18)(H2,19,20,21)/p-2/t10-,11+/m0/s1. The van der Waals surface area contributed by atoms with Gasteiger partial charge in [0.05, 0.1) is 7.82 Å². The van der Waals surface area contributed by atoms with E-state index in [0.29, 0.717) is 5.56 Å². The van der Waals surface area contributed by atoms with Gasteiger partial charge in [0, 0.05) is 11.8 Å². The van der Waals surface area contributed by atoms with Crippen LogP contribution in [-0.2, 0) is 13.8 Å². The Morgan fingerprint density at radius 3 is 2.50 bits per heavy atom. The Morgan fingerprint density at radius 1 is 1.33 bits per heavy atom. The van der Waals surface area contributed by atoms with Gasteiger partial charge in [-0.05, 0) is 25.8 Å². The summed E-state index contributed by atoms with van der Waals surface area (Å²) in [6, 6.07) is 0. The monoisotopic (exact) mass is 358 g/mol. The highest BCUT2D eigenvalue weighted by molar-refractivity contribution is 7.43. The number of aromatic amines is 1. The van der Waals surface area contributed by atoms with Gasteiger partial charge in [-0.1, -0.05) is 19.9 Å². The van der Waals surface area contributed by atoms with Crippen LogP contribution in [0.15, 0.2) is 27.9 Å². The van der Waals surface area contributed by atoms with Crippen molar-refractivity contribution >= 4 is 7.82 Å². The first-order chi connectivity index (χ1) is 11.1. The highest BCUT2D eigenvalue weighted by Gasteiger charge is 2.41. The van der Waals surface area contributed by atoms with E-state index in [1.54, 1.807) is 32.9 Å². The van der Waals surface area contributed by atoms with Crippen molar-refractivity contribution in [2.75, 3.05) is 0 Å². The van der Waals surface area contributed by atoms with E-state index in [4.69, 9.17) is 9.26 Å². The second-order valence-electron chi connectivity index (χ2n) is 5.62. The fourth-order valence-electron chi connectivity index (χ4n) is 2.73. The van der Waals surface area contributed by atoms with Crippen LogP contribution in [0, 0.1) is 6.92 Å². The Morgan fingerprint density at radius 2 is 1.96 bits per heavy atom. The van der Waals surface area contributed by atoms with Crippen molar-refractivity contribution in [2.45, 2.75) is 51.5 Å². The zero-order valence-corrected chi connectivity index (χ0v) is 14.4. The van der Waals surface area contributed by atoms with Crippen LogP contribution >= 0.6 is 7.82 Å². The van der Waals surface area contributed by atoms with E-state index in [-0.39, 0.29) is 12.8 Å². The molecule has 2 atom stereocenters. The number of H-pyrrole nitrogens is 1. The quantitative estimate of drug-likeness (QED) is 0.544. The van der Waals surface area contributed by atoms with E-state index in [1.807, 2.05) is 0 Å². The number of hydrogen-bond donors (Lipinski definition) is 1. The third-order valence-electron chi connectivity index (χ3n) is 4.17. The summed E-state index contributed by atoms with van der Waals surface area (Å²) in [5.41, 5.74) is -2.16. The summed E-state index contributed by atoms with van der Waals surface area (Å²) in [6.45, 7) is 4.90. The van der Waals surface area contributed by atoms with Crippen LogP contribution in [0.4, 0.5) is 0 Å². The predicted molar refractivity (Wildman–Crippen MR) is 81.1 cm³/mol. The largest absolute Gasteiger partial charge is 0.790 e. The van der Waals surface area contributed by atoms with Crippen LogP contribution in [0.3, 0.4) is 0 Å². The van der Waals surface area contributed by atoms with Gasteiger partial charge in [0.1, 0.15) is 11.7 Å². The van der Waals surface area contributed by atoms with Crippen LogP contribution in [0.1, 0.15) is 38.5 Å². The number of rotatable bonds is 6. The predicted octanol–water partition coefficient (Wildman–Crippen LogP) is -0.297. The molecule has 0 fully saturated rings. The van der Waals surface area contributed by atoms with Crippen molar-refractivity contribution in [3.8, 4) is 0 Å². The molecule has 2 rings (SSSR count). The van der Waals surface area contributed by atoms with Crippen LogP contribution < -0.4 is 21.0 Å². The average Bonchev–Trinajstić information content (AvgIpc) is 2.97. The molecule has 0 amide bonds. The molecule has 0 aliphatic carbocycles. The zero-order valence-electron chi connectivity index (χ0n) is 13.6. The molecule has 1 aromatic rings. The highest BCUT2D eigenvalue weighted by Crippen LogP contribution is 2.42. The molecule has 0 saturated carbocycles. The van der Waals surface area contributed by atoms with E-state index < -0.39 is 37.0 Å². The van der Waals surface area contributed by atoms with Crippen molar-refractivity contribution in [1.29, 1.82) is 0 Å². The first-order valence-corrected chi connectivity index (χ1v) is 8.96. The molecule has 2 heterocycles. The maximum atomic E-state index is 11.9. The number of phosphoric acid groups is 1. The van der Waals surface area contributed by atoms with Gasteiger partial charge in [-0.3, -0.25) is 14.3 Å². The van der Waals surface area contributed by atoms with Crippen molar-refractivity contribution in [1.82, 2.24) is 9.55 Å². The van der Waals surface area contributed by atoms with Gasteiger partial charge in [-0.2, -0.15) is 0 Å². The molecule has 0 unspecified atom stereocenters. The average molecular weight is 358 g/mol. The molecule has 1 aliphatic heterocycles. The Hall–Kier alpha value is -1.51. The second-order valence-corrected chi connectivity index (χ2v) is 6.70. The summed E-state index contributed by atoms with van der Waals surface area (Å²) in [7, 11) is -5.22. The number of aryl methyl sites for hydroxylation is 1. The third-order valence-corrected chi connectivity index (χ3v) is 4.75. The minimum atomic E-state index is -5.22. The normalized spacial score (nSPS) is 21.4. The van der Waals surface area contributed by atoms with E-state index in [9.17, 15) is 23.9 Å². The van der Waals surface area contributed by atoms with Gasteiger partial charge in [0.15, 0.2) is 6.23 Å². The number of ether oxygens (including phenoxy) is 1. The summed E-state index contributed by atoms with van der Waals surface area (Å²) in [4.78, 5) is 47.7. The summed E-state index contributed by atoms with van der Waals surface area (Å²) < 4.78 is 22.8. The smallest absolute Gasteiger partial charge is 0.330 e. The summed E-state index contributed by atoms with van der Waals surface area (Å²) in [5.74, 6) is 0. The number of phosphoric ester groups is 1. The molecular formula is C14H19N2O7P-2. The minimum absolute atomic E-state index is 0.221. The molecule has 0 saturated heterocycles. The van der Waals surface area contributed by atoms with Crippen molar-refractivity contribution in [3.63, 3.8) is 0 Å². The molecule has 10 heteroatoms. The van der Waals surface area contributed by atoms with Gasteiger partial charge < -0.3 is 23.6 Å². The molecular weight excluding hydrogens is 339 g/mol. The fourth-order valence-corrected chi connectivity index (χ4v) is 3.53. The lowest BCUT2D eigenvalue weighted by Crippen LogP contribution is -2.45. The molecule has 0 radical (unpaired) electrons. The Kier molecular flexibility index (Phi) is 5.31. The molecule has 0 aromatic carbocycles. The lowest BCUT2D eigenvalue weighted by molar-refractivity contribution is -0.353. The van der Waals surface area contributed by atoms with Crippen LogP contribution in [0.2, 0.25) is 0 Å². The summed E-state index contributed by atoms with van der Waals surface area (Å²) >= 11 is 0. The Balaban J connectivity index is 2.31. The molecule has 0 spiro atoms. The molecule has 9 nitrogen and oxygen atoms in total. The number of nitrogens with zero attached hydrogens (tertiary/aromatic N) is 1. The van der Waals surface area contributed by atoms with E-state index in [0.717, 1.165) is 0 Å². The molecule has 1 aromatic heterocycles. The lowest BCUT2D eigenvalue weighted by Gasteiger charge is -2.44. The molecule has 134 valence electrons. The zero-order chi connectivity index (χ0) is 18.1. The van der Waals surface area contributed by atoms with Crippen molar-refractivity contribution < 1.29 is 23.6 Å². The van der Waals surface area contributed by atoms with E-state index in [2.05, 4.69) is 4.98 Å². The lowest BCUT2D eigenvalue weighted by atomic mass is 9.91. The van der Waals surface area contributed by atoms with Crippen LogP contribution in [0.25, 0.3) is 0 Å². The maximum Gasteiger partial charge on any atom is 0.330 e. The molecule has 24 heavy (non-hydrogen) atoms. The topological polar surface area (TPSA) is 137 Å². The first kappa shape index (κ1) is 18.8. The van der Waals surface area contributed by atoms with Gasteiger partial charge in [-0.15, -0.1) is 0 Å². The summed E-state index contributed by atoms with van der Waals surface area (Å²) in [5, 5.41) is 0. The number of hydrogen-bond acceptors (Lipinski definition) is 7. The van der Waals surface area contributed by atoms with Gasteiger partial charge in [0.2, 0.25) is 0 Å². The van der Waals surface area contributed by atoms with Crippen molar-refractivity contribution in [2.24, 2.45) is 0 Å². The molecule has 0 bridgehead atoms. The number of aromatic nitrogens is 2. The Labute approximate surface area is 138 Å². The van der Waals surface area contributed by atoms with Gasteiger partial charge in [-0.25, -0.2) is 4.79 Å². The molecule has 1 N–H and O–H groups in total. The third kappa shape index (κ3) is 3.76. The number of nitrogens with one attached hydrogen (secondary N) is 1. The Bertz CT molecular complexity index is 787. The minimum Gasteiger partial charge on any atom is -0.790 e. The van der Waals surface area contributed by atoms with Gasteiger partial charge >= 0.3 is 5.69 Å². The first-order valence-electron chi connectivity index (χ1n) is 7.50.